The average molecular weight is 387 g/mol. The Morgan fingerprint density at radius 2 is 1.82 bits per heavy atom. The van der Waals surface area contributed by atoms with Crippen LogP contribution in [0.15, 0.2) is 24.3 Å². The molecule has 0 radical (unpaired) electrons. The molecule has 2 amide bonds. The van der Waals surface area contributed by atoms with Crippen LogP contribution in [0.25, 0.3) is 0 Å². The quantitative estimate of drug-likeness (QED) is 0.218. The van der Waals surface area contributed by atoms with E-state index in [0.29, 0.717) is 5.56 Å². The van der Waals surface area contributed by atoms with Crippen LogP contribution in [0.5, 0.6) is 0 Å². The van der Waals surface area contributed by atoms with Crippen LogP contribution in [0.4, 0.5) is 0 Å². The molecule has 1 aromatic rings. The van der Waals surface area contributed by atoms with Gasteiger partial charge in [-0.1, -0.05) is 11.8 Å². The van der Waals surface area contributed by atoms with Crippen LogP contribution in [0, 0.1) is 29.6 Å². The smallest absolute Gasteiger partial charge is 0.267 e. The lowest BCUT2D eigenvalue weighted by molar-refractivity contribution is -0.132. The molecule has 0 aliphatic heterocycles. The molecule has 0 aliphatic rings. The van der Waals surface area contributed by atoms with E-state index in [9.17, 15) is 14.7 Å². The zero-order valence-electron chi connectivity index (χ0n) is 16.0. The van der Waals surface area contributed by atoms with Gasteiger partial charge in [-0.25, -0.2) is 5.48 Å². The second-order valence-electron chi connectivity index (χ2n) is 6.84. The van der Waals surface area contributed by atoms with Crippen LogP contribution >= 0.6 is 0 Å². The summed E-state index contributed by atoms with van der Waals surface area (Å²) in [6.07, 6.45) is -0.915. The summed E-state index contributed by atoms with van der Waals surface area (Å²) in [6, 6.07) is 5.16. The fourth-order valence-electron chi connectivity index (χ4n) is 2.08. The predicted octanol–water partition coefficient (Wildman–Crippen LogP) is -0.628. The van der Waals surface area contributed by atoms with Crippen LogP contribution in [0.3, 0.4) is 0 Å². The Hall–Kier alpha value is -2.88. The van der Waals surface area contributed by atoms with Gasteiger partial charge in [0.15, 0.2) is 0 Å². The molecule has 0 saturated carbocycles. The topological polar surface area (TPSA) is 145 Å². The molecule has 3 atom stereocenters. The Balaban J connectivity index is 2.83. The van der Waals surface area contributed by atoms with Crippen LogP contribution in [-0.2, 0) is 4.79 Å². The Morgan fingerprint density at radius 3 is 2.32 bits per heavy atom. The van der Waals surface area contributed by atoms with E-state index in [2.05, 4.69) is 29.0 Å². The Labute approximate surface area is 164 Å². The zero-order valence-corrected chi connectivity index (χ0v) is 16.0. The Bertz CT molecular complexity index is 807. The first-order chi connectivity index (χ1) is 13.1. The highest BCUT2D eigenvalue weighted by atomic mass is 16.5. The van der Waals surface area contributed by atoms with Crippen LogP contribution in [-0.4, -0.2) is 51.5 Å². The number of carbonyl (C=O) groups excluding carboxylic acids is 2. The fourth-order valence-corrected chi connectivity index (χ4v) is 2.08. The van der Waals surface area contributed by atoms with Gasteiger partial charge in [0.25, 0.3) is 11.8 Å². The van der Waals surface area contributed by atoms with E-state index in [-0.39, 0.29) is 12.2 Å². The highest BCUT2D eigenvalue weighted by Gasteiger charge is 2.33. The van der Waals surface area contributed by atoms with E-state index in [1.807, 2.05) is 0 Å². The molecule has 1 aromatic carbocycles. The fraction of sp³-hybridized carbons (Fsp3) is 0.400. The second kappa shape index (κ2) is 10.5. The van der Waals surface area contributed by atoms with Gasteiger partial charge in [0.1, 0.15) is 6.04 Å². The lowest BCUT2D eigenvalue weighted by Gasteiger charge is -2.29. The third-order valence-electron chi connectivity index (χ3n) is 3.87. The number of nitrogens with one attached hydrogen (secondary N) is 2. The maximum Gasteiger partial charge on any atom is 0.267 e. The number of nitrogens with two attached hydrogens (primary N) is 1. The van der Waals surface area contributed by atoms with Gasteiger partial charge in [-0.15, -0.1) is 0 Å². The first-order valence-electron chi connectivity index (χ1n) is 8.54. The lowest BCUT2D eigenvalue weighted by atomic mass is 9.95. The molecule has 1 rings (SSSR count). The number of hydroxylamine groups is 1. The number of hydrogen-bond acceptors (Lipinski definition) is 6. The predicted molar refractivity (Wildman–Crippen MR) is 103 cm³/mol. The highest BCUT2D eigenvalue weighted by molar-refractivity contribution is 5.97. The van der Waals surface area contributed by atoms with Gasteiger partial charge in [-0.3, -0.25) is 14.8 Å². The largest absolute Gasteiger partial charge is 0.394 e. The summed E-state index contributed by atoms with van der Waals surface area (Å²) >= 11 is 0. The van der Waals surface area contributed by atoms with Crippen molar-refractivity contribution in [1.29, 1.82) is 0 Å². The van der Waals surface area contributed by atoms with Crippen LogP contribution in [0.2, 0.25) is 0 Å². The maximum absolute atomic E-state index is 12.3. The summed E-state index contributed by atoms with van der Waals surface area (Å²) in [5.41, 5.74) is 7.18. The van der Waals surface area contributed by atoms with Crippen LogP contribution in [0.1, 0.15) is 36.7 Å². The van der Waals surface area contributed by atoms with E-state index in [4.69, 9.17) is 16.0 Å². The third-order valence-corrected chi connectivity index (χ3v) is 3.87. The number of hydrogen-bond donors (Lipinski definition) is 6. The first-order valence-corrected chi connectivity index (χ1v) is 8.54. The number of benzene rings is 1. The maximum atomic E-state index is 12.3. The molecule has 0 aromatic heterocycles. The number of carbonyl (C=O) groups is 2. The second-order valence-corrected chi connectivity index (χ2v) is 6.84. The lowest BCUT2D eigenvalue weighted by Crippen LogP contribution is -2.61. The summed E-state index contributed by atoms with van der Waals surface area (Å²) in [7, 11) is 0. The van der Waals surface area contributed by atoms with Gasteiger partial charge < -0.3 is 21.3 Å². The van der Waals surface area contributed by atoms with Crippen molar-refractivity contribution in [3.05, 3.63) is 35.4 Å². The molecule has 0 heterocycles. The summed E-state index contributed by atoms with van der Waals surface area (Å²) < 4.78 is 0. The highest BCUT2D eigenvalue weighted by Crippen LogP contribution is 2.09. The van der Waals surface area contributed by atoms with E-state index in [1.54, 1.807) is 32.9 Å². The summed E-state index contributed by atoms with van der Waals surface area (Å²) in [4.78, 5) is 24.0. The van der Waals surface area contributed by atoms with Gasteiger partial charge in [0, 0.05) is 22.6 Å². The summed E-state index contributed by atoms with van der Waals surface area (Å²) in [6.45, 7) is 4.41. The van der Waals surface area contributed by atoms with Crippen molar-refractivity contribution in [2.24, 2.45) is 11.7 Å². The summed E-state index contributed by atoms with van der Waals surface area (Å²) in [5, 5.41) is 29.5. The van der Waals surface area contributed by atoms with Gasteiger partial charge in [-0.2, -0.15) is 0 Å². The zero-order chi connectivity index (χ0) is 21.3. The van der Waals surface area contributed by atoms with Gasteiger partial charge in [-0.05, 0) is 56.9 Å². The minimum absolute atomic E-state index is 0.288. The van der Waals surface area contributed by atoms with Crippen molar-refractivity contribution < 1.29 is 25.0 Å². The van der Waals surface area contributed by atoms with Crippen LogP contribution < -0.4 is 16.5 Å². The minimum Gasteiger partial charge on any atom is -0.394 e. The molecule has 0 aliphatic carbocycles. The normalized spacial score (nSPS) is 13.7. The first kappa shape index (κ1) is 23.2. The van der Waals surface area contributed by atoms with Crippen molar-refractivity contribution in [3.63, 3.8) is 0 Å². The van der Waals surface area contributed by atoms with Crippen molar-refractivity contribution in [2.75, 3.05) is 6.61 Å². The molecule has 0 unspecified atom stereocenters. The Morgan fingerprint density at radius 1 is 1.21 bits per heavy atom. The molecule has 28 heavy (non-hydrogen) atoms. The van der Waals surface area contributed by atoms with Crippen molar-refractivity contribution >= 4 is 11.8 Å². The molecule has 150 valence electrons. The van der Waals surface area contributed by atoms with E-state index in [0.717, 1.165) is 0 Å². The average Bonchev–Trinajstić information content (AvgIpc) is 2.67. The molecule has 0 saturated heterocycles. The van der Waals surface area contributed by atoms with E-state index < -0.39 is 35.4 Å². The molecule has 0 spiro atoms. The van der Waals surface area contributed by atoms with Gasteiger partial charge in [0.2, 0.25) is 0 Å². The molecule has 8 heteroatoms. The molecular formula is C20H25N3O5. The monoisotopic (exact) mass is 387 g/mol. The molecule has 7 N–H and O–H groups in total. The number of aliphatic hydroxyl groups is 2. The number of amides is 2. The van der Waals surface area contributed by atoms with E-state index in [1.165, 1.54) is 17.6 Å². The van der Waals surface area contributed by atoms with Crippen molar-refractivity contribution in [3.8, 4) is 23.7 Å². The number of rotatable bonds is 6. The standard InChI is InChI=1S/C20H25N3O5/c1-13(16(25)12-24)6-4-5-7-14-8-10-15(11-9-14)18(26)22-17(19(27)23-28)20(2,3)21/h8-11,13,16-17,24-25,28H,12,21H2,1-3H3,(H,22,26)(H,23,27)/t13-,16+,17+/m0/s1. The molecular weight excluding hydrogens is 362 g/mol. The van der Waals surface area contributed by atoms with Gasteiger partial charge in [0.05, 0.1) is 12.7 Å². The SMILES string of the molecule is C[C@@H](C#CC#Cc1ccc(C(=O)N[C@H](C(=O)NO)C(C)(C)N)cc1)[C@H](O)CO. The number of aliphatic hydroxyl groups excluding tert-OH is 2. The molecule has 8 nitrogen and oxygen atoms in total. The van der Waals surface area contributed by atoms with Gasteiger partial charge >= 0.3 is 0 Å². The molecule has 0 fully saturated rings. The minimum atomic E-state index is -1.13. The van der Waals surface area contributed by atoms with Crippen molar-refractivity contribution in [2.45, 2.75) is 38.5 Å². The Kier molecular flexibility index (Phi) is 8.65. The third kappa shape index (κ3) is 7.03. The summed E-state index contributed by atoms with van der Waals surface area (Å²) in [5.74, 6) is 9.01. The molecule has 0 bridgehead atoms. The van der Waals surface area contributed by atoms with E-state index >= 15 is 0 Å². The van der Waals surface area contributed by atoms with Crippen molar-refractivity contribution in [1.82, 2.24) is 10.8 Å².